The first-order valence-electron chi connectivity index (χ1n) is 13.6. The second-order valence-corrected chi connectivity index (χ2v) is 10.9. The number of hydrogen-bond donors (Lipinski definition) is 2. The quantitative estimate of drug-likeness (QED) is 0.367. The van der Waals surface area contributed by atoms with Crippen molar-refractivity contribution in [3.8, 4) is 0 Å². The number of amides is 6. The van der Waals surface area contributed by atoms with Crippen LogP contribution in [0.1, 0.15) is 42.6 Å². The van der Waals surface area contributed by atoms with Crippen LogP contribution in [-0.4, -0.2) is 78.5 Å². The number of halogens is 4. The fourth-order valence-corrected chi connectivity index (χ4v) is 5.39. The van der Waals surface area contributed by atoms with Crippen molar-refractivity contribution in [3.05, 3.63) is 59.4 Å². The summed E-state index contributed by atoms with van der Waals surface area (Å²) in [4.78, 5) is 68.3. The Labute approximate surface area is 250 Å². The molecule has 2 heterocycles. The maximum atomic E-state index is 14.3. The minimum atomic E-state index is -4.80. The summed E-state index contributed by atoms with van der Waals surface area (Å²) >= 11 is 0. The molecule has 2 aromatic rings. The third-order valence-electron chi connectivity index (χ3n) is 7.83. The zero-order valence-electron chi connectivity index (χ0n) is 24.3. The van der Waals surface area contributed by atoms with E-state index in [1.54, 1.807) is 26.0 Å². The van der Waals surface area contributed by atoms with E-state index in [-0.39, 0.29) is 25.9 Å². The molecule has 0 radical (unpaired) electrons. The predicted molar refractivity (Wildman–Crippen MR) is 149 cm³/mol. The van der Waals surface area contributed by atoms with Crippen LogP contribution >= 0.6 is 0 Å². The smallest absolute Gasteiger partial charge is 0.416 e. The van der Waals surface area contributed by atoms with Gasteiger partial charge in [0.2, 0.25) is 5.91 Å². The Morgan fingerprint density at radius 1 is 1.00 bits per heavy atom. The van der Waals surface area contributed by atoms with Crippen LogP contribution in [0.15, 0.2) is 42.5 Å². The first-order chi connectivity index (χ1) is 20.6. The molecule has 0 bridgehead atoms. The lowest BCUT2D eigenvalue weighted by Crippen LogP contribution is -2.60. The summed E-state index contributed by atoms with van der Waals surface area (Å²) in [6, 6.07) is 5.87. The van der Waals surface area contributed by atoms with Crippen molar-refractivity contribution in [3.63, 3.8) is 0 Å². The van der Waals surface area contributed by atoms with Crippen molar-refractivity contribution in [1.29, 1.82) is 0 Å². The number of benzene rings is 2. The summed E-state index contributed by atoms with van der Waals surface area (Å²) in [5, 5.41) is 4.87. The highest BCUT2D eigenvalue weighted by molar-refractivity contribution is 6.16. The van der Waals surface area contributed by atoms with Gasteiger partial charge in [0.25, 0.3) is 11.8 Å². The average Bonchev–Trinajstić information content (AvgIpc) is 3.15. The second kappa shape index (κ2) is 12.1. The van der Waals surface area contributed by atoms with Gasteiger partial charge in [0.15, 0.2) is 0 Å². The van der Waals surface area contributed by atoms with Crippen molar-refractivity contribution in [2.75, 3.05) is 37.5 Å². The molecule has 2 aromatic carbocycles. The molecule has 11 nitrogen and oxygen atoms in total. The molecule has 6 amide bonds. The van der Waals surface area contributed by atoms with E-state index in [1.165, 1.54) is 36.1 Å². The topological polar surface area (TPSA) is 128 Å². The van der Waals surface area contributed by atoms with E-state index >= 15 is 0 Å². The highest BCUT2D eigenvalue weighted by Crippen LogP contribution is 2.40. The summed E-state index contributed by atoms with van der Waals surface area (Å²) < 4.78 is 58.4. The summed E-state index contributed by atoms with van der Waals surface area (Å²) in [7, 11) is 2.57. The molecule has 1 atom stereocenters. The lowest BCUT2D eigenvalue weighted by atomic mass is 9.85. The Morgan fingerprint density at radius 3 is 2.16 bits per heavy atom. The van der Waals surface area contributed by atoms with Crippen molar-refractivity contribution < 1.29 is 46.3 Å². The number of urea groups is 1. The number of nitrogens with one attached hydrogen (secondary N) is 2. The van der Waals surface area contributed by atoms with Gasteiger partial charge >= 0.3 is 18.3 Å². The lowest BCUT2D eigenvalue weighted by Gasteiger charge is -2.43. The molecular formula is C29H31F4N5O6. The van der Waals surface area contributed by atoms with E-state index in [9.17, 15) is 41.5 Å². The Hall–Kier alpha value is -4.69. The van der Waals surface area contributed by atoms with Crippen LogP contribution in [0.4, 0.5) is 38.5 Å². The van der Waals surface area contributed by atoms with Crippen LogP contribution in [0.3, 0.4) is 0 Å². The second-order valence-electron chi connectivity index (χ2n) is 10.9. The monoisotopic (exact) mass is 621 g/mol. The fraction of sp³-hybridized carbons (Fsp3) is 0.414. The fourth-order valence-electron chi connectivity index (χ4n) is 5.39. The molecule has 2 aliphatic heterocycles. The Kier molecular flexibility index (Phi) is 8.88. The van der Waals surface area contributed by atoms with Gasteiger partial charge in [0.05, 0.1) is 18.2 Å². The molecule has 0 unspecified atom stereocenters. The number of hydrogen-bond acceptors (Lipinski definition) is 6. The van der Waals surface area contributed by atoms with Crippen LogP contribution < -0.4 is 15.5 Å². The van der Waals surface area contributed by atoms with Crippen molar-refractivity contribution in [1.82, 2.24) is 15.1 Å². The number of methoxy groups -OCH3 is 1. The maximum absolute atomic E-state index is 14.3. The molecule has 15 heteroatoms. The third kappa shape index (κ3) is 6.03. The number of nitrogens with zero attached hydrogens (tertiary/aromatic N) is 3. The van der Waals surface area contributed by atoms with Crippen LogP contribution in [0.5, 0.6) is 0 Å². The molecule has 0 saturated carbocycles. The van der Waals surface area contributed by atoms with E-state index in [0.717, 1.165) is 4.90 Å². The van der Waals surface area contributed by atoms with Gasteiger partial charge in [-0.2, -0.15) is 13.2 Å². The number of carbonyl (C=O) groups excluding carboxylic acids is 5. The van der Waals surface area contributed by atoms with Crippen molar-refractivity contribution in [2.45, 2.75) is 44.4 Å². The number of rotatable bonds is 6. The third-order valence-corrected chi connectivity index (χ3v) is 7.83. The molecule has 44 heavy (non-hydrogen) atoms. The van der Waals surface area contributed by atoms with E-state index in [2.05, 4.69) is 15.4 Å². The molecule has 236 valence electrons. The van der Waals surface area contributed by atoms with Crippen LogP contribution in [0, 0.1) is 11.7 Å². The molecule has 1 spiro atoms. The molecular weight excluding hydrogens is 590 g/mol. The molecule has 2 saturated heterocycles. The summed E-state index contributed by atoms with van der Waals surface area (Å²) in [5.74, 6) is -3.90. The van der Waals surface area contributed by atoms with Gasteiger partial charge in [0.1, 0.15) is 17.4 Å². The SMILES string of the molecule is COC(=O)Nc1ccc(N2C(=O)N(C)C(=O)C23CCN(C(=O)[C@H](NC(=O)c2cc(C(F)(F)F)ccc2F)C(C)C)CC3)cc1. The summed E-state index contributed by atoms with van der Waals surface area (Å²) in [6.45, 7) is 3.26. The highest BCUT2D eigenvalue weighted by Gasteiger charge is 2.58. The first kappa shape index (κ1) is 32.2. The van der Waals surface area contributed by atoms with Gasteiger partial charge in [-0.15, -0.1) is 0 Å². The minimum absolute atomic E-state index is 0.0151. The van der Waals surface area contributed by atoms with Crippen LogP contribution in [-0.2, 0) is 20.5 Å². The standard InChI is InChI=1S/C29H31F4N5O6/c1-16(2)22(35-23(39)20-15-17(29(31,32)33)5-10-21(20)30)24(40)37-13-11-28(12-14-37)25(41)36(3)27(43)38(28)19-8-6-18(7-9-19)34-26(42)44-4/h5-10,15-16,22H,11-14H2,1-4H3,(H,34,42)(H,35,39)/t22-/m1/s1. The summed E-state index contributed by atoms with van der Waals surface area (Å²) in [6.07, 6.45) is -5.38. The molecule has 2 N–H and O–H groups in total. The molecule has 0 aromatic heterocycles. The number of ether oxygens (including phenoxy) is 1. The number of likely N-dealkylation sites (tertiary alicyclic amines) is 1. The van der Waals surface area contributed by atoms with E-state index in [1.807, 2.05) is 0 Å². The van der Waals surface area contributed by atoms with Crippen molar-refractivity contribution in [2.24, 2.45) is 5.92 Å². The van der Waals surface area contributed by atoms with E-state index in [0.29, 0.717) is 29.6 Å². The average molecular weight is 622 g/mol. The van der Waals surface area contributed by atoms with Crippen LogP contribution in [0.2, 0.25) is 0 Å². The van der Waals surface area contributed by atoms with Gasteiger partial charge < -0.3 is 15.0 Å². The van der Waals surface area contributed by atoms with E-state index < -0.39 is 70.5 Å². The summed E-state index contributed by atoms with van der Waals surface area (Å²) in [5.41, 5.74) is -2.58. The molecule has 4 rings (SSSR count). The first-order valence-corrected chi connectivity index (χ1v) is 13.6. The number of carbonyl (C=O) groups is 5. The van der Waals surface area contributed by atoms with Crippen molar-refractivity contribution >= 4 is 41.2 Å². The van der Waals surface area contributed by atoms with Gasteiger partial charge in [-0.3, -0.25) is 29.5 Å². The van der Waals surface area contributed by atoms with Gasteiger partial charge in [-0.25, -0.2) is 14.0 Å². The molecule has 2 fully saturated rings. The Balaban J connectivity index is 1.52. The zero-order chi connectivity index (χ0) is 32.6. The molecule has 2 aliphatic rings. The normalized spacial score (nSPS) is 17.2. The maximum Gasteiger partial charge on any atom is 0.416 e. The molecule has 0 aliphatic carbocycles. The van der Waals surface area contributed by atoms with E-state index in [4.69, 9.17) is 0 Å². The number of anilines is 2. The number of alkyl halides is 3. The van der Waals surface area contributed by atoms with Gasteiger partial charge in [0, 0.05) is 31.5 Å². The Morgan fingerprint density at radius 2 is 1.61 bits per heavy atom. The lowest BCUT2D eigenvalue weighted by molar-refractivity contribution is -0.139. The predicted octanol–water partition coefficient (Wildman–Crippen LogP) is 4.24. The Bertz CT molecular complexity index is 1470. The zero-order valence-corrected chi connectivity index (χ0v) is 24.3. The van der Waals surface area contributed by atoms with Crippen LogP contribution in [0.25, 0.3) is 0 Å². The number of likely N-dealkylation sites (N-methyl/N-ethyl adjacent to an activating group) is 1. The number of imide groups is 1. The minimum Gasteiger partial charge on any atom is -0.453 e. The highest BCUT2D eigenvalue weighted by atomic mass is 19.4. The van der Waals surface area contributed by atoms with Gasteiger partial charge in [-0.05, 0) is 61.2 Å². The number of piperidine rings is 1. The van der Waals surface area contributed by atoms with Gasteiger partial charge in [-0.1, -0.05) is 13.8 Å². The largest absolute Gasteiger partial charge is 0.453 e.